The van der Waals surface area contributed by atoms with Crippen molar-refractivity contribution in [3.63, 3.8) is 0 Å². The maximum Gasteiger partial charge on any atom is 0.355 e. The molecule has 102 valence electrons. The van der Waals surface area contributed by atoms with Crippen LogP contribution in [0.2, 0.25) is 0 Å². The Kier molecular flexibility index (Phi) is 5.57. The Balaban J connectivity index is 2.21. The Morgan fingerprint density at radius 2 is 1.47 bits per heavy atom. The van der Waals surface area contributed by atoms with E-state index in [9.17, 15) is 0 Å². The maximum absolute atomic E-state index is 5.94. The highest BCUT2D eigenvalue weighted by molar-refractivity contribution is 6.61. The molecule has 0 fully saturated rings. The van der Waals surface area contributed by atoms with Gasteiger partial charge in [0, 0.05) is 13.2 Å². The van der Waals surface area contributed by atoms with E-state index in [0.717, 1.165) is 26.1 Å². The van der Waals surface area contributed by atoms with Crippen LogP contribution in [0.3, 0.4) is 0 Å². The Bertz CT molecular complexity index is 505. The zero-order chi connectivity index (χ0) is 13.5. The van der Waals surface area contributed by atoms with Gasteiger partial charge in [0.2, 0.25) is 0 Å². The molecule has 2 aromatic rings. The third-order valence-electron chi connectivity index (χ3n) is 2.99. The first kappa shape index (κ1) is 14.3. The van der Waals surface area contributed by atoms with E-state index in [1.165, 1.54) is 16.0 Å². The quantitative estimate of drug-likeness (QED) is 0.722. The molecule has 0 bridgehead atoms. The average molecular weight is 274 g/mol. The van der Waals surface area contributed by atoms with Gasteiger partial charge in [0.25, 0.3) is 0 Å². The monoisotopic (exact) mass is 274 g/mol. The van der Waals surface area contributed by atoms with Gasteiger partial charge in [0.1, 0.15) is 0 Å². The molecule has 0 aliphatic rings. The van der Waals surface area contributed by atoms with Crippen LogP contribution >= 0.6 is 0 Å². The summed E-state index contributed by atoms with van der Waals surface area (Å²) >= 11 is 0. The fourth-order valence-corrected chi connectivity index (χ4v) is 3.99. The summed E-state index contributed by atoms with van der Waals surface area (Å²) in [6.07, 6.45) is 2.07. The fraction of sp³-hybridized carbons (Fsp3) is 0.375. The van der Waals surface area contributed by atoms with E-state index in [-0.39, 0.29) is 0 Å². The lowest BCUT2D eigenvalue weighted by atomic mass is 10.1. The minimum Gasteiger partial charge on any atom is -0.393 e. The lowest BCUT2D eigenvalue weighted by Gasteiger charge is -2.17. The Labute approximate surface area is 117 Å². The first-order valence-corrected chi connectivity index (χ1v) is 8.59. The molecule has 0 aliphatic carbocycles. The third-order valence-corrected chi connectivity index (χ3v) is 4.97. The molecule has 2 rings (SSSR count). The molecule has 19 heavy (non-hydrogen) atoms. The molecule has 0 aromatic heterocycles. The molecular weight excluding hydrogens is 252 g/mol. The number of benzene rings is 2. The molecular formula is C16H22O2Si. The number of fused-ring (bicyclic) bond motifs is 1. The highest BCUT2D eigenvalue weighted by Gasteiger charge is 2.16. The van der Waals surface area contributed by atoms with Gasteiger partial charge in [0.05, 0.1) is 0 Å². The number of hydrogen-bond donors (Lipinski definition) is 0. The first-order chi connectivity index (χ1) is 9.35. The van der Waals surface area contributed by atoms with Gasteiger partial charge < -0.3 is 8.85 Å². The minimum atomic E-state index is -1.73. The Hall–Kier alpha value is -1.16. The molecule has 0 amide bonds. The summed E-state index contributed by atoms with van der Waals surface area (Å²) in [5.74, 6) is 0. The lowest BCUT2D eigenvalue weighted by Crippen LogP contribution is -2.37. The van der Waals surface area contributed by atoms with Crippen molar-refractivity contribution in [2.24, 2.45) is 0 Å². The molecule has 0 aliphatic heterocycles. The van der Waals surface area contributed by atoms with Crippen molar-refractivity contribution in [1.29, 1.82) is 0 Å². The molecule has 0 spiro atoms. The summed E-state index contributed by atoms with van der Waals surface area (Å²) < 4.78 is 11.9. The van der Waals surface area contributed by atoms with Crippen molar-refractivity contribution in [3.05, 3.63) is 42.5 Å². The first-order valence-electron chi connectivity index (χ1n) is 7.07. The molecule has 0 N–H and O–H groups in total. The van der Waals surface area contributed by atoms with Gasteiger partial charge in [0.15, 0.2) is 0 Å². The van der Waals surface area contributed by atoms with Gasteiger partial charge in [-0.15, -0.1) is 0 Å². The van der Waals surface area contributed by atoms with E-state index in [2.05, 4.69) is 56.3 Å². The molecule has 2 nitrogen and oxygen atoms in total. The molecule has 2 aromatic carbocycles. The number of rotatable bonds is 7. The van der Waals surface area contributed by atoms with Crippen LogP contribution in [0.1, 0.15) is 26.7 Å². The highest BCUT2D eigenvalue weighted by Crippen LogP contribution is 2.12. The van der Waals surface area contributed by atoms with E-state index in [4.69, 9.17) is 8.85 Å². The largest absolute Gasteiger partial charge is 0.393 e. The molecule has 0 atom stereocenters. The summed E-state index contributed by atoms with van der Waals surface area (Å²) in [7, 11) is -1.73. The van der Waals surface area contributed by atoms with Crippen molar-refractivity contribution in [2.75, 3.05) is 13.2 Å². The minimum absolute atomic E-state index is 0.785. The smallest absolute Gasteiger partial charge is 0.355 e. The summed E-state index contributed by atoms with van der Waals surface area (Å²) in [6.45, 7) is 5.83. The lowest BCUT2D eigenvalue weighted by molar-refractivity contribution is 0.207. The van der Waals surface area contributed by atoms with Crippen LogP contribution in [0.4, 0.5) is 0 Å². The fourth-order valence-electron chi connectivity index (χ4n) is 2.04. The van der Waals surface area contributed by atoms with Crippen LogP contribution in [0.5, 0.6) is 0 Å². The van der Waals surface area contributed by atoms with Gasteiger partial charge in [-0.1, -0.05) is 56.3 Å². The predicted octanol–water partition coefficient (Wildman–Crippen LogP) is 3.12. The van der Waals surface area contributed by atoms with E-state index in [1.54, 1.807) is 0 Å². The SMILES string of the molecule is CCCO[SiH](OCCC)c1ccc2ccccc2c1. The topological polar surface area (TPSA) is 18.5 Å². The summed E-state index contributed by atoms with van der Waals surface area (Å²) in [5.41, 5.74) is 0. The summed E-state index contributed by atoms with van der Waals surface area (Å²) in [4.78, 5) is 0. The van der Waals surface area contributed by atoms with Gasteiger partial charge in [-0.05, 0) is 28.8 Å². The molecule has 0 unspecified atom stereocenters. The summed E-state index contributed by atoms with van der Waals surface area (Å²) in [5, 5.41) is 3.77. The molecule has 0 saturated carbocycles. The van der Waals surface area contributed by atoms with E-state index in [0.29, 0.717) is 0 Å². The second-order valence-electron chi connectivity index (χ2n) is 4.68. The van der Waals surface area contributed by atoms with Crippen LogP contribution in [-0.2, 0) is 8.85 Å². The predicted molar refractivity (Wildman–Crippen MR) is 83.2 cm³/mol. The van der Waals surface area contributed by atoms with Crippen molar-refractivity contribution in [1.82, 2.24) is 0 Å². The third kappa shape index (κ3) is 3.90. The van der Waals surface area contributed by atoms with E-state index < -0.39 is 9.28 Å². The second kappa shape index (κ2) is 7.43. The van der Waals surface area contributed by atoms with E-state index >= 15 is 0 Å². The highest BCUT2D eigenvalue weighted by atomic mass is 28.3. The van der Waals surface area contributed by atoms with Crippen molar-refractivity contribution in [2.45, 2.75) is 26.7 Å². The normalized spacial score (nSPS) is 11.3. The van der Waals surface area contributed by atoms with E-state index in [1.807, 2.05) is 0 Å². The van der Waals surface area contributed by atoms with Gasteiger partial charge in [-0.2, -0.15) is 0 Å². The van der Waals surface area contributed by atoms with Gasteiger partial charge >= 0.3 is 9.28 Å². The van der Waals surface area contributed by atoms with Gasteiger partial charge in [-0.3, -0.25) is 0 Å². The van der Waals surface area contributed by atoms with Gasteiger partial charge in [-0.25, -0.2) is 0 Å². The molecule has 0 radical (unpaired) electrons. The average Bonchev–Trinajstić information content (AvgIpc) is 2.47. The molecule has 0 heterocycles. The Morgan fingerprint density at radius 1 is 0.842 bits per heavy atom. The van der Waals surface area contributed by atoms with Crippen molar-refractivity contribution >= 4 is 25.2 Å². The van der Waals surface area contributed by atoms with Crippen LogP contribution in [-0.4, -0.2) is 22.5 Å². The molecule has 3 heteroatoms. The van der Waals surface area contributed by atoms with Crippen molar-refractivity contribution in [3.8, 4) is 0 Å². The van der Waals surface area contributed by atoms with Crippen molar-refractivity contribution < 1.29 is 8.85 Å². The second-order valence-corrected chi connectivity index (χ2v) is 6.68. The van der Waals surface area contributed by atoms with Crippen LogP contribution in [0.25, 0.3) is 10.8 Å². The zero-order valence-electron chi connectivity index (χ0n) is 11.8. The summed E-state index contributed by atoms with van der Waals surface area (Å²) in [6, 6.07) is 15.0. The van der Waals surface area contributed by atoms with Crippen LogP contribution < -0.4 is 5.19 Å². The standard InChI is InChI=1S/C16H22O2Si/c1-3-11-17-19(18-12-4-2)16-10-9-14-7-5-6-8-15(14)13-16/h5-10,13,19H,3-4,11-12H2,1-2H3. The Morgan fingerprint density at radius 3 is 2.11 bits per heavy atom. The maximum atomic E-state index is 5.94. The zero-order valence-corrected chi connectivity index (χ0v) is 12.9. The molecule has 0 saturated heterocycles. The number of hydrogen-bond acceptors (Lipinski definition) is 2. The van der Waals surface area contributed by atoms with Crippen LogP contribution in [0.15, 0.2) is 42.5 Å². The van der Waals surface area contributed by atoms with Crippen LogP contribution in [0, 0.1) is 0 Å².